The molecule has 5 heteroatoms. The quantitative estimate of drug-likeness (QED) is 0.839. The Balaban J connectivity index is 1.64. The maximum atomic E-state index is 9.94. The number of β-amino-alcohol motifs (C(OH)–C–C–N with tert-alkyl or cyclic N) is 2. The van der Waals surface area contributed by atoms with Gasteiger partial charge in [-0.05, 0) is 37.1 Å². The molecule has 0 saturated carbocycles. The van der Waals surface area contributed by atoms with E-state index >= 15 is 0 Å². The summed E-state index contributed by atoms with van der Waals surface area (Å²) in [5.74, 6) is 0. The topological polar surface area (TPSA) is 52.9 Å². The fraction of sp³-hybridized carbons (Fsp3) is 0.600. The highest BCUT2D eigenvalue weighted by atomic mass is 35.5. The molecule has 0 radical (unpaired) electrons. The Labute approximate surface area is 124 Å². The van der Waals surface area contributed by atoms with Gasteiger partial charge in [0.15, 0.2) is 0 Å². The Morgan fingerprint density at radius 2 is 2.10 bits per heavy atom. The van der Waals surface area contributed by atoms with Gasteiger partial charge in [-0.3, -0.25) is 4.90 Å². The molecule has 1 aromatic rings. The zero-order chi connectivity index (χ0) is 14.4. The van der Waals surface area contributed by atoms with Crippen LogP contribution in [0.25, 0.3) is 0 Å². The summed E-state index contributed by atoms with van der Waals surface area (Å²) in [5.41, 5.74) is 1.04. The van der Waals surface area contributed by atoms with E-state index in [1.807, 2.05) is 24.3 Å². The summed E-state index contributed by atoms with van der Waals surface area (Å²) in [6.07, 6.45) is 1.07. The highest BCUT2D eigenvalue weighted by Gasteiger charge is 2.19. The van der Waals surface area contributed by atoms with Crippen LogP contribution < -0.4 is 0 Å². The van der Waals surface area contributed by atoms with Crippen molar-refractivity contribution in [3.8, 4) is 0 Å². The van der Waals surface area contributed by atoms with E-state index in [1.54, 1.807) is 0 Å². The first-order chi connectivity index (χ1) is 9.63. The molecule has 1 aromatic carbocycles. The number of halogens is 1. The third-order valence-electron chi connectivity index (χ3n) is 3.44. The fourth-order valence-electron chi connectivity index (χ4n) is 2.44. The summed E-state index contributed by atoms with van der Waals surface area (Å²) in [6, 6.07) is 7.48. The van der Waals surface area contributed by atoms with Gasteiger partial charge in [0, 0.05) is 18.1 Å². The molecule has 2 N–H and O–H groups in total. The van der Waals surface area contributed by atoms with E-state index in [0.29, 0.717) is 31.3 Å². The first kappa shape index (κ1) is 15.7. The molecule has 0 spiro atoms. The summed E-state index contributed by atoms with van der Waals surface area (Å²) in [5, 5.41) is 20.2. The van der Waals surface area contributed by atoms with E-state index in [0.717, 1.165) is 24.9 Å². The van der Waals surface area contributed by atoms with Crippen LogP contribution >= 0.6 is 11.6 Å². The molecule has 4 nitrogen and oxygen atoms in total. The Hall–Kier alpha value is -0.650. The van der Waals surface area contributed by atoms with Crippen LogP contribution in [0.15, 0.2) is 24.3 Å². The number of aliphatic hydroxyl groups excluding tert-OH is 2. The maximum Gasteiger partial charge on any atom is 0.0900 e. The highest BCUT2D eigenvalue weighted by Crippen LogP contribution is 2.12. The smallest absolute Gasteiger partial charge is 0.0900 e. The molecule has 0 bridgehead atoms. The van der Waals surface area contributed by atoms with Crippen molar-refractivity contribution in [2.75, 3.05) is 26.2 Å². The SMILES string of the molecule is OC1CCCN(CC(O)COCc2ccc(Cl)cc2)C1. The number of aliphatic hydroxyl groups is 2. The molecule has 1 fully saturated rings. The van der Waals surface area contributed by atoms with Gasteiger partial charge in [0.2, 0.25) is 0 Å². The predicted molar refractivity (Wildman–Crippen MR) is 78.8 cm³/mol. The molecule has 2 rings (SSSR count). The maximum absolute atomic E-state index is 9.94. The Morgan fingerprint density at radius 3 is 2.80 bits per heavy atom. The molecule has 0 amide bonds. The van der Waals surface area contributed by atoms with Crippen LogP contribution in [-0.4, -0.2) is 53.6 Å². The van der Waals surface area contributed by atoms with E-state index < -0.39 is 6.10 Å². The molecule has 0 aliphatic carbocycles. The van der Waals surface area contributed by atoms with Crippen molar-refractivity contribution >= 4 is 11.6 Å². The van der Waals surface area contributed by atoms with Crippen LogP contribution in [0.3, 0.4) is 0 Å². The van der Waals surface area contributed by atoms with E-state index in [2.05, 4.69) is 4.90 Å². The third kappa shape index (κ3) is 5.38. The normalized spacial score (nSPS) is 21.9. The minimum absolute atomic E-state index is 0.258. The van der Waals surface area contributed by atoms with Crippen molar-refractivity contribution in [2.45, 2.75) is 31.7 Å². The lowest BCUT2D eigenvalue weighted by molar-refractivity contribution is -0.00734. The fourth-order valence-corrected chi connectivity index (χ4v) is 2.57. The molecule has 2 atom stereocenters. The number of hydrogen-bond acceptors (Lipinski definition) is 4. The Bertz CT molecular complexity index is 399. The first-order valence-electron chi connectivity index (χ1n) is 7.04. The third-order valence-corrected chi connectivity index (χ3v) is 3.69. The highest BCUT2D eigenvalue weighted by molar-refractivity contribution is 6.30. The average molecular weight is 300 g/mol. The number of rotatable bonds is 6. The average Bonchev–Trinajstić information content (AvgIpc) is 2.41. The monoisotopic (exact) mass is 299 g/mol. The Morgan fingerprint density at radius 1 is 1.35 bits per heavy atom. The van der Waals surface area contributed by atoms with Gasteiger partial charge in [-0.25, -0.2) is 0 Å². The molecular formula is C15H22ClNO3. The molecule has 20 heavy (non-hydrogen) atoms. The first-order valence-corrected chi connectivity index (χ1v) is 7.42. The van der Waals surface area contributed by atoms with Gasteiger partial charge in [0.1, 0.15) is 0 Å². The summed E-state index contributed by atoms with van der Waals surface area (Å²) in [6.45, 7) is 2.91. The summed E-state index contributed by atoms with van der Waals surface area (Å²) in [7, 11) is 0. The van der Waals surface area contributed by atoms with Crippen LogP contribution in [-0.2, 0) is 11.3 Å². The van der Waals surface area contributed by atoms with Gasteiger partial charge in [-0.15, -0.1) is 0 Å². The van der Waals surface area contributed by atoms with Gasteiger partial charge in [-0.2, -0.15) is 0 Å². The molecular weight excluding hydrogens is 278 g/mol. The van der Waals surface area contributed by atoms with E-state index in [-0.39, 0.29) is 6.10 Å². The van der Waals surface area contributed by atoms with Crippen LogP contribution in [0.2, 0.25) is 5.02 Å². The van der Waals surface area contributed by atoms with Crippen molar-refractivity contribution in [3.05, 3.63) is 34.9 Å². The predicted octanol–water partition coefficient (Wildman–Crippen LogP) is 1.67. The van der Waals surface area contributed by atoms with Gasteiger partial charge in [0.05, 0.1) is 25.4 Å². The molecule has 112 valence electrons. The standard InChI is InChI=1S/C15H22ClNO3/c16-13-5-3-12(4-6-13)10-20-11-15(19)9-17-7-1-2-14(18)8-17/h3-6,14-15,18-19H,1-2,7-11H2. The lowest BCUT2D eigenvalue weighted by Gasteiger charge is -2.31. The lowest BCUT2D eigenvalue weighted by atomic mass is 10.1. The van der Waals surface area contributed by atoms with Crippen molar-refractivity contribution < 1.29 is 14.9 Å². The zero-order valence-electron chi connectivity index (χ0n) is 11.5. The number of piperidine rings is 1. The zero-order valence-corrected chi connectivity index (χ0v) is 12.3. The van der Waals surface area contributed by atoms with Crippen molar-refractivity contribution in [2.24, 2.45) is 0 Å². The van der Waals surface area contributed by atoms with Crippen molar-refractivity contribution in [1.82, 2.24) is 4.90 Å². The van der Waals surface area contributed by atoms with Gasteiger partial charge in [0.25, 0.3) is 0 Å². The second-order valence-corrected chi connectivity index (χ2v) is 5.79. The second kappa shape index (κ2) is 7.96. The van der Waals surface area contributed by atoms with E-state index in [9.17, 15) is 10.2 Å². The summed E-state index contributed by atoms with van der Waals surface area (Å²) < 4.78 is 5.51. The van der Waals surface area contributed by atoms with Crippen LogP contribution in [0.4, 0.5) is 0 Å². The molecule has 0 aromatic heterocycles. The van der Waals surface area contributed by atoms with Gasteiger partial charge >= 0.3 is 0 Å². The van der Waals surface area contributed by atoms with Crippen molar-refractivity contribution in [3.63, 3.8) is 0 Å². The second-order valence-electron chi connectivity index (χ2n) is 5.35. The minimum Gasteiger partial charge on any atom is -0.392 e. The van der Waals surface area contributed by atoms with E-state index in [4.69, 9.17) is 16.3 Å². The Kier molecular flexibility index (Phi) is 6.26. The minimum atomic E-state index is -0.521. The van der Waals surface area contributed by atoms with Gasteiger partial charge in [-0.1, -0.05) is 23.7 Å². The summed E-state index contributed by atoms with van der Waals surface area (Å²) >= 11 is 5.81. The number of ether oxygens (including phenoxy) is 1. The number of nitrogens with zero attached hydrogens (tertiary/aromatic N) is 1. The van der Waals surface area contributed by atoms with Crippen LogP contribution in [0.5, 0.6) is 0 Å². The van der Waals surface area contributed by atoms with Crippen LogP contribution in [0.1, 0.15) is 18.4 Å². The largest absolute Gasteiger partial charge is 0.392 e. The number of likely N-dealkylation sites (tertiary alicyclic amines) is 1. The van der Waals surface area contributed by atoms with Crippen LogP contribution in [0, 0.1) is 0 Å². The molecule has 1 saturated heterocycles. The van der Waals surface area contributed by atoms with Gasteiger partial charge < -0.3 is 14.9 Å². The molecule has 2 unspecified atom stereocenters. The molecule has 1 heterocycles. The molecule has 1 aliphatic rings. The summed E-state index contributed by atoms with van der Waals surface area (Å²) in [4.78, 5) is 2.09. The van der Waals surface area contributed by atoms with Crippen molar-refractivity contribution in [1.29, 1.82) is 0 Å². The van der Waals surface area contributed by atoms with E-state index in [1.165, 1.54) is 0 Å². The number of hydrogen-bond donors (Lipinski definition) is 2. The number of benzene rings is 1. The molecule has 1 aliphatic heterocycles. The lowest BCUT2D eigenvalue weighted by Crippen LogP contribution is -2.43.